The highest BCUT2D eigenvalue weighted by Crippen LogP contribution is 2.46. The maximum Gasteiger partial charge on any atom is 0.352 e. The first kappa shape index (κ1) is 36.3. The summed E-state index contributed by atoms with van der Waals surface area (Å²) in [6, 6.07) is 13.4. The lowest BCUT2D eigenvalue weighted by atomic mass is 9.94. The van der Waals surface area contributed by atoms with Gasteiger partial charge in [0.05, 0.1) is 36.1 Å². The van der Waals surface area contributed by atoms with Crippen LogP contribution in [0.4, 0.5) is 13.2 Å². The van der Waals surface area contributed by atoms with E-state index in [4.69, 9.17) is 30.9 Å². The molecule has 0 spiro atoms. The van der Waals surface area contributed by atoms with Crippen LogP contribution in [0.15, 0.2) is 48.5 Å². The number of fused-ring (bicyclic) bond motifs is 3. The second-order valence-corrected chi connectivity index (χ2v) is 13.9. The fraction of sp³-hybridized carbons (Fsp3) is 0.436. The summed E-state index contributed by atoms with van der Waals surface area (Å²) in [6.07, 6.45) is 0.332. The van der Waals surface area contributed by atoms with Gasteiger partial charge in [-0.2, -0.15) is 5.10 Å². The summed E-state index contributed by atoms with van der Waals surface area (Å²) < 4.78 is 66.2. The number of ether oxygens (including phenoxy) is 3. The highest BCUT2D eigenvalue weighted by molar-refractivity contribution is 6.35. The van der Waals surface area contributed by atoms with Crippen molar-refractivity contribution < 1.29 is 37.3 Å². The van der Waals surface area contributed by atoms with Crippen LogP contribution in [0.2, 0.25) is 5.02 Å². The minimum atomic E-state index is -3.25. The summed E-state index contributed by atoms with van der Waals surface area (Å²) in [5.41, 5.74) is 3.56. The second-order valence-electron chi connectivity index (χ2n) is 13.5. The number of carboxylic acid groups (broad SMARTS) is 1. The van der Waals surface area contributed by atoms with Gasteiger partial charge in [-0.3, -0.25) is 9.58 Å². The number of halogens is 4. The smallest absolute Gasteiger partial charge is 0.352 e. The lowest BCUT2D eigenvalue weighted by Crippen LogP contribution is -2.37. The largest absolute Gasteiger partial charge is 0.493 e. The first-order valence-corrected chi connectivity index (χ1v) is 18.2. The van der Waals surface area contributed by atoms with Crippen molar-refractivity contribution in [1.29, 1.82) is 0 Å². The predicted octanol–water partition coefficient (Wildman–Crippen LogP) is 8.08. The monoisotopic (exact) mass is 738 g/mol. The van der Waals surface area contributed by atoms with Gasteiger partial charge in [-0.25, -0.2) is 18.0 Å². The van der Waals surface area contributed by atoms with Crippen LogP contribution in [0, 0.1) is 5.82 Å². The van der Waals surface area contributed by atoms with Gasteiger partial charge in [0, 0.05) is 67.2 Å². The van der Waals surface area contributed by atoms with Crippen molar-refractivity contribution in [1.82, 2.24) is 19.2 Å². The zero-order chi connectivity index (χ0) is 36.6. The van der Waals surface area contributed by atoms with E-state index in [1.54, 1.807) is 35.0 Å². The van der Waals surface area contributed by atoms with Crippen molar-refractivity contribution in [3.8, 4) is 16.9 Å². The van der Waals surface area contributed by atoms with Crippen molar-refractivity contribution >= 4 is 39.2 Å². The first-order valence-electron chi connectivity index (χ1n) is 17.8. The lowest BCUT2D eigenvalue weighted by Gasteiger charge is -2.29. The predicted molar refractivity (Wildman–Crippen MR) is 193 cm³/mol. The molecule has 4 heterocycles. The van der Waals surface area contributed by atoms with Crippen LogP contribution in [-0.2, 0) is 35.9 Å². The van der Waals surface area contributed by atoms with E-state index in [-0.39, 0.29) is 24.7 Å². The molecule has 7 rings (SSSR count). The molecule has 52 heavy (non-hydrogen) atoms. The number of hydrogen-bond acceptors (Lipinski definition) is 6. The van der Waals surface area contributed by atoms with Crippen LogP contribution in [0.3, 0.4) is 0 Å². The molecular weight excluding hydrogens is 697 g/mol. The second kappa shape index (κ2) is 15.1. The number of aryl methyl sites for hydroxylation is 3. The van der Waals surface area contributed by atoms with Crippen molar-refractivity contribution in [2.75, 3.05) is 46.1 Å². The zero-order valence-corrected chi connectivity index (χ0v) is 30.0. The molecule has 13 heteroatoms. The molecule has 0 bridgehead atoms. The van der Waals surface area contributed by atoms with Gasteiger partial charge in [-0.1, -0.05) is 36.7 Å². The van der Waals surface area contributed by atoms with Gasteiger partial charge in [0.25, 0.3) is 5.92 Å². The third-order valence-corrected chi connectivity index (χ3v) is 10.5. The highest BCUT2D eigenvalue weighted by atomic mass is 35.5. The normalized spacial score (nSPS) is 18.0. The summed E-state index contributed by atoms with van der Waals surface area (Å²) in [5.74, 6) is -4.22. The summed E-state index contributed by atoms with van der Waals surface area (Å²) in [7, 11) is 1.82. The number of alkyl halides is 2. The van der Waals surface area contributed by atoms with E-state index in [0.29, 0.717) is 94.9 Å². The number of hydrogen-bond donors (Lipinski definition) is 1. The van der Waals surface area contributed by atoms with Gasteiger partial charge >= 0.3 is 5.97 Å². The van der Waals surface area contributed by atoms with Gasteiger partial charge in [-0.05, 0) is 67.0 Å². The Labute approximate surface area is 304 Å². The molecule has 2 aliphatic heterocycles. The van der Waals surface area contributed by atoms with E-state index in [9.17, 15) is 14.3 Å². The molecule has 2 aliphatic rings. The summed E-state index contributed by atoms with van der Waals surface area (Å²) in [5, 5.41) is 18.0. The van der Waals surface area contributed by atoms with Crippen molar-refractivity contribution in [3.63, 3.8) is 0 Å². The molecule has 3 aromatic carbocycles. The topological polar surface area (TPSA) is 91.0 Å². The molecule has 0 aliphatic carbocycles. The first-order chi connectivity index (χ1) is 25.1. The molecule has 2 aromatic heterocycles. The van der Waals surface area contributed by atoms with E-state index >= 15 is 8.78 Å². The van der Waals surface area contributed by atoms with Crippen LogP contribution in [-0.4, -0.2) is 82.3 Å². The highest BCUT2D eigenvalue weighted by Gasteiger charge is 2.37. The van der Waals surface area contributed by atoms with Crippen molar-refractivity contribution in [3.05, 3.63) is 82.0 Å². The molecule has 0 radical (unpaired) electrons. The fourth-order valence-corrected chi connectivity index (χ4v) is 7.96. The average molecular weight is 739 g/mol. The number of nitrogens with zero attached hydrogens (tertiary/aromatic N) is 4. The number of benzene rings is 3. The molecular formula is C39H42ClF3N4O5. The Morgan fingerprint density at radius 3 is 2.65 bits per heavy atom. The number of aromatic nitrogens is 3. The number of carboxylic acids is 1. The van der Waals surface area contributed by atoms with Gasteiger partial charge in [0.2, 0.25) is 0 Å². The Bertz CT molecular complexity index is 2110. The number of rotatable bonds is 10. The van der Waals surface area contributed by atoms with E-state index in [1.165, 1.54) is 16.7 Å². The lowest BCUT2D eigenvalue weighted by molar-refractivity contribution is -0.110. The number of carbonyl (C=O) groups is 1. The molecule has 1 atom stereocenters. The molecule has 5 aromatic rings. The molecule has 9 nitrogen and oxygen atoms in total. The Morgan fingerprint density at radius 2 is 1.88 bits per heavy atom. The molecule has 276 valence electrons. The quantitative estimate of drug-likeness (QED) is 0.145. The Balaban J connectivity index is 1.31. The standard InChI is InChI=1S/C39H42ClF3N4O5/c1-3-30-34-33-29(40)12-11-28-27(7-5-19-51-31-8-4-6-24-22-25(41)9-10-26(24)31)37(38(48)49)47(36(28)33)16-14-39(42,43)23-52-32(35(34)44-45(30)2)13-15-46-17-20-50-21-18-46/h4,6,8-12,22,32H,3,5,7,13-21,23H2,1-2H3,(H,48,49). The third-order valence-electron chi connectivity index (χ3n) is 10.2. The number of morpholine rings is 1. The number of aromatic carboxylic acids is 1. The van der Waals surface area contributed by atoms with Crippen LogP contribution in [0.5, 0.6) is 5.75 Å². The zero-order valence-electron chi connectivity index (χ0n) is 29.3. The van der Waals surface area contributed by atoms with E-state index < -0.39 is 31.0 Å². The van der Waals surface area contributed by atoms with Crippen molar-refractivity contribution in [2.45, 2.75) is 57.6 Å². The van der Waals surface area contributed by atoms with Crippen LogP contribution < -0.4 is 4.74 Å². The third kappa shape index (κ3) is 7.13. The molecule has 1 N–H and O–H groups in total. The Morgan fingerprint density at radius 1 is 1.10 bits per heavy atom. The van der Waals surface area contributed by atoms with Crippen LogP contribution in [0.25, 0.3) is 32.8 Å². The Kier molecular flexibility index (Phi) is 10.5. The maximum atomic E-state index is 15.7. The minimum Gasteiger partial charge on any atom is -0.493 e. The van der Waals surface area contributed by atoms with E-state index in [2.05, 4.69) is 4.90 Å². The van der Waals surface area contributed by atoms with E-state index in [0.717, 1.165) is 24.2 Å². The molecule has 1 saturated heterocycles. The molecule has 1 unspecified atom stereocenters. The van der Waals surface area contributed by atoms with Gasteiger partial charge < -0.3 is 23.9 Å². The molecule has 0 amide bonds. The van der Waals surface area contributed by atoms with E-state index in [1.807, 2.05) is 20.0 Å². The van der Waals surface area contributed by atoms with Crippen LogP contribution in [0.1, 0.15) is 59.7 Å². The van der Waals surface area contributed by atoms with Gasteiger partial charge in [0.1, 0.15) is 30.0 Å². The van der Waals surface area contributed by atoms with Gasteiger partial charge in [-0.15, -0.1) is 0 Å². The Hall–Kier alpha value is -4.10. The minimum absolute atomic E-state index is 0.0533. The molecule has 0 saturated carbocycles. The summed E-state index contributed by atoms with van der Waals surface area (Å²) in [4.78, 5) is 15.3. The van der Waals surface area contributed by atoms with Gasteiger partial charge in [0.15, 0.2) is 0 Å². The van der Waals surface area contributed by atoms with Crippen molar-refractivity contribution in [2.24, 2.45) is 7.05 Å². The summed E-state index contributed by atoms with van der Waals surface area (Å²) in [6.45, 7) is 4.45. The summed E-state index contributed by atoms with van der Waals surface area (Å²) >= 11 is 7.08. The SMILES string of the molecule is CCc1c2c(nn1C)C(CCN1CCOCC1)OCC(F)(F)CCn1c(C(=O)O)c(CCCOc3cccc4cc(F)ccc34)c3ccc(Cl)c-2c31. The van der Waals surface area contributed by atoms with Crippen LogP contribution >= 0.6 is 11.6 Å². The molecule has 1 fully saturated rings. The fourth-order valence-electron chi connectivity index (χ4n) is 7.71. The average Bonchev–Trinajstić information content (AvgIpc) is 3.62. The maximum absolute atomic E-state index is 15.7.